The summed E-state index contributed by atoms with van der Waals surface area (Å²) < 4.78 is 0. The molecule has 17 heavy (non-hydrogen) atoms. The van der Waals surface area contributed by atoms with E-state index < -0.39 is 0 Å². The maximum atomic E-state index is 12.1. The van der Waals surface area contributed by atoms with Crippen LogP contribution >= 0.6 is 0 Å². The van der Waals surface area contributed by atoms with Crippen molar-refractivity contribution in [1.29, 1.82) is 0 Å². The lowest BCUT2D eigenvalue weighted by Crippen LogP contribution is -2.35. The number of carbonyl (C=O) groups is 1. The van der Waals surface area contributed by atoms with Gasteiger partial charge in [-0.2, -0.15) is 0 Å². The van der Waals surface area contributed by atoms with Crippen molar-refractivity contribution in [1.82, 2.24) is 5.32 Å². The molecule has 1 fully saturated rings. The second-order valence-electron chi connectivity index (χ2n) is 4.81. The van der Waals surface area contributed by atoms with Crippen molar-refractivity contribution in [2.75, 3.05) is 12.3 Å². The Hall–Kier alpha value is -1.51. The van der Waals surface area contributed by atoms with E-state index in [4.69, 9.17) is 5.73 Å². The monoisotopic (exact) mass is 232 g/mol. The van der Waals surface area contributed by atoms with Crippen LogP contribution in [0.2, 0.25) is 0 Å². The van der Waals surface area contributed by atoms with Gasteiger partial charge in [0.05, 0.1) is 5.41 Å². The molecular formula is C14H20N2O. The molecule has 3 nitrogen and oxygen atoms in total. The minimum absolute atomic E-state index is 0.177. The summed E-state index contributed by atoms with van der Waals surface area (Å²) in [4.78, 5) is 12.1. The van der Waals surface area contributed by atoms with Gasteiger partial charge in [-0.15, -0.1) is 0 Å². The van der Waals surface area contributed by atoms with Crippen LogP contribution in [0, 0.1) is 0 Å². The minimum atomic E-state index is -0.262. The first-order chi connectivity index (χ1) is 8.19. The maximum absolute atomic E-state index is 12.1. The highest BCUT2D eigenvalue weighted by Crippen LogP contribution is 2.48. The average molecular weight is 232 g/mol. The number of carbonyl (C=O) groups excluding carboxylic acids is 1. The van der Waals surface area contributed by atoms with Gasteiger partial charge in [-0.1, -0.05) is 25.5 Å². The summed E-state index contributed by atoms with van der Waals surface area (Å²) in [5.41, 5.74) is 7.25. The molecule has 92 valence electrons. The zero-order valence-electron chi connectivity index (χ0n) is 10.3. The fraction of sp³-hybridized carbons (Fsp3) is 0.500. The zero-order chi connectivity index (χ0) is 12.3. The molecule has 1 amide bonds. The van der Waals surface area contributed by atoms with Gasteiger partial charge in [-0.05, 0) is 37.0 Å². The van der Waals surface area contributed by atoms with E-state index in [9.17, 15) is 4.79 Å². The van der Waals surface area contributed by atoms with Crippen molar-refractivity contribution < 1.29 is 4.79 Å². The maximum Gasteiger partial charge on any atom is 0.230 e. The van der Waals surface area contributed by atoms with Crippen molar-refractivity contribution in [2.45, 2.75) is 38.0 Å². The summed E-state index contributed by atoms with van der Waals surface area (Å²) in [6.07, 6.45) is 4.06. The average Bonchev–Trinajstić information content (AvgIpc) is 3.11. The van der Waals surface area contributed by atoms with Gasteiger partial charge in [0.15, 0.2) is 0 Å². The Kier molecular flexibility index (Phi) is 3.36. The third-order valence-corrected chi connectivity index (χ3v) is 3.46. The molecular weight excluding hydrogens is 212 g/mol. The van der Waals surface area contributed by atoms with Crippen molar-refractivity contribution in [3.8, 4) is 0 Å². The summed E-state index contributed by atoms with van der Waals surface area (Å²) >= 11 is 0. The van der Waals surface area contributed by atoms with Crippen molar-refractivity contribution in [2.24, 2.45) is 0 Å². The van der Waals surface area contributed by atoms with Crippen LogP contribution in [-0.2, 0) is 10.2 Å². The fourth-order valence-corrected chi connectivity index (χ4v) is 2.12. The van der Waals surface area contributed by atoms with Crippen LogP contribution in [0.25, 0.3) is 0 Å². The summed E-state index contributed by atoms with van der Waals surface area (Å²) in [7, 11) is 0. The number of rotatable bonds is 5. The number of anilines is 1. The molecule has 0 radical (unpaired) electrons. The van der Waals surface area contributed by atoms with E-state index in [2.05, 4.69) is 12.2 Å². The molecule has 0 aromatic heterocycles. The number of nitrogens with one attached hydrogen (secondary N) is 1. The highest BCUT2D eigenvalue weighted by atomic mass is 16.2. The second kappa shape index (κ2) is 4.78. The minimum Gasteiger partial charge on any atom is -0.399 e. The summed E-state index contributed by atoms with van der Waals surface area (Å²) in [5.74, 6) is 0.177. The summed E-state index contributed by atoms with van der Waals surface area (Å²) in [5, 5.41) is 3.03. The predicted octanol–water partition coefficient (Wildman–Crippen LogP) is 2.22. The van der Waals surface area contributed by atoms with Crippen LogP contribution in [0.5, 0.6) is 0 Å². The molecule has 0 heterocycles. The van der Waals surface area contributed by atoms with Gasteiger partial charge in [0.25, 0.3) is 0 Å². The fourth-order valence-electron chi connectivity index (χ4n) is 2.12. The molecule has 3 N–H and O–H groups in total. The third-order valence-electron chi connectivity index (χ3n) is 3.46. The third kappa shape index (κ3) is 2.43. The van der Waals surface area contributed by atoms with Crippen molar-refractivity contribution >= 4 is 11.6 Å². The molecule has 0 saturated heterocycles. The van der Waals surface area contributed by atoms with E-state index in [0.717, 1.165) is 43.5 Å². The highest BCUT2D eigenvalue weighted by Gasteiger charge is 2.50. The molecule has 1 saturated carbocycles. The Labute approximate surface area is 102 Å². The number of unbranched alkanes of at least 4 members (excludes halogenated alkanes) is 1. The van der Waals surface area contributed by atoms with Crippen LogP contribution in [-0.4, -0.2) is 12.5 Å². The van der Waals surface area contributed by atoms with Gasteiger partial charge in [-0.3, -0.25) is 4.79 Å². The normalized spacial score (nSPS) is 16.5. The summed E-state index contributed by atoms with van der Waals surface area (Å²) in [6, 6.07) is 7.69. The Morgan fingerprint density at radius 1 is 1.35 bits per heavy atom. The Balaban J connectivity index is 2.03. The van der Waals surface area contributed by atoms with Gasteiger partial charge in [0, 0.05) is 12.2 Å². The van der Waals surface area contributed by atoms with Crippen LogP contribution in [0.4, 0.5) is 5.69 Å². The van der Waals surface area contributed by atoms with Gasteiger partial charge in [0.2, 0.25) is 5.91 Å². The lowest BCUT2D eigenvalue weighted by atomic mass is 9.94. The largest absolute Gasteiger partial charge is 0.399 e. The molecule has 0 spiro atoms. The first-order valence-corrected chi connectivity index (χ1v) is 6.33. The predicted molar refractivity (Wildman–Crippen MR) is 69.7 cm³/mol. The molecule has 0 atom stereocenters. The van der Waals surface area contributed by atoms with Crippen LogP contribution in [0.3, 0.4) is 0 Å². The van der Waals surface area contributed by atoms with Crippen molar-refractivity contribution in [3.05, 3.63) is 29.8 Å². The van der Waals surface area contributed by atoms with Crippen LogP contribution in [0.15, 0.2) is 24.3 Å². The van der Waals surface area contributed by atoms with E-state index in [0.29, 0.717) is 0 Å². The van der Waals surface area contributed by atoms with Crippen LogP contribution < -0.4 is 11.1 Å². The van der Waals surface area contributed by atoms with Crippen LogP contribution in [0.1, 0.15) is 38.2 Å². The molecule has 1 aromatic carbocycles. The lowest BCUT2D eigenvalue weighted by molar-refractivity contribution is -0.123. The number of amides is 1. The van der Waals surface area contributed by atoms with Crippen molar-refractivity contribution in [3.63, 3.8) is 0 Å². The standard InChI is InChI=1S/C14H20N2O/c1-2-3-10-16-13(17)14(8-9-14)11-4-6-12(15)7-5-11/h4-7H,2-3,8-10,15H2,1H3,(H,16,17). The smallest absolute Gasteiger partial charge is 0.230 e. The number of benzene rings is 1. The van der Waals surface area contributed by atoms with Gasteiger partial charge in [-0.25, -0.2) is 0 Å². The van der Waals surface area contributed by atoms with Gasteiger partial charge in [0.1, 0.15) is 0 Å². The first-order valence-electron chi connectivity index (χ1n) is 6.33. The second-order valence-corrected chi connectivity index (χ2v) is 4.81. The number of nitrogen functional groups attached to an aromatic ring is 1. The van der Waals surface area contributed by atoms with E-state index in [-0.39, 0.29) is 11.3 Å². The molecule has 0 aliphatic heterocycles. The van der Waals surface area contributed by atoms with E-state index in [1.807, 2.05) is 24.3 Å². The van der Waals surface area contributed by atoms with E-state index in [1.54, 1.807) is 0 Å². The molecule has 0 bridgehead atoms. The Morgan fingerprint density at radius 3 is 2.53 bits per heavy atom. The van der Waals surface area contributed by atoms with E-state index >= 15 is 0 Å². The summed E-state index contributed by atoms with van der Waals surface area (Å²) in [6.45, 7) is 2.91. The SMILES string of the molecule is CCCCNC(=O)C1(c2ccc(N)cc2)CC1. The first kappa shape index (κ1) is 12.0. The zero-order valence-corrected chi connectivity index (χ0v) is 10.3. The topological polar surface area (TPSA) is 55.1 Å². The molecule has 1 aromatic rings. The number of nitrogens with two attached hydrogens (primary N) is 1. The number of hydrogen-bond donors (Lipinski definition) is 2. The molecule has 0 unspecified atom stereocenters. The number of hydrogen-bond acceptors (Lipinski definition) is 2. The Bertz CT molecular complexity index is 393. The lowest BCUT2D eigenvalue weighted by Gasteiger charge is -2.15. The highest BCUT2D eigenvalue weighted by molar-refractivity contribution is 5.91. The molecule has 1 aliphatic carbocycles. The van der Waals surface area contributed by atoms with Gasteiger partial charge >= 0.3 is 0 Å². The van der Waals surface area contributed by atoms with Gasteiger partial charge < -0.3 is 11.1 Å². The molecule has 1 aliphatic rings. The molecule has 3 heteroatoms. The van der Waals surface area contributed by atoms with E-state index in [1.165, 1.54) is 0 Å². The molecule has 2 rings (SSSR count). The quantitative estimate of drug-likeness (QED) is 0.604. The Morgan fingerprint density at radius 2 is 2.00 bits per heavy atom.